The number of rotatable bonds is 9. The minimum atomic E-state index is 0.0363. The van der Waals surface area contributed by atoms with Gasteiger partial charge in [0.1, 0.15) is 5.82 Å². The van der Waals surface area contributed by atoms with Gasteiger partial charge in [-0.15, -0.1) is 0 Å². The van der Waals surface area contributed by atoms with Crippen LogP contribution in [0.15, 0.2) is 18.3 Å². The molecular weight excluding hydrogens is 230 g/mol. The Morgan fingerprint density at radius 3 is 2.89 bits per heavy atom. The van der Waals surface area contributed by atoms with Crippen LogP contribution in [0.3, 0.4) is 0 Å². The second-order valence-electron chi connectivity index (χ2n) is 4.02. The standard InChI is InChI=1S/C13H23N3O2/c1-4-14-8-11-5-6-15-13(7-11)16-9-12(18-3)10-17-2/h5-7,12,14H,4,8-10H2,1-3H3,(H,15,16). The minimum Gasteiger partial charge on any atom is -0.382 e. The number of methoxy groups -OCH3 is 2. The first kappa shape index (κ1) is 14.9. The van der Waals surface area contributed by atoms with Crippen LogP contribution in [0, 0.1) is 0 Å². The predicted octanol–water partition coefficient (Wildman–Crippen LogP) is 1.26. The van der Waals surface area contributed by atoms with Crippen LogP contribution in [0.5, 0.6) is 0 Å². The molecule has 0 saturated carbocycles. The van der Waals surface area contributed by atoms with E-state index in [4.69, 9.17) is 9.47 Å². The molecule has 0 radical (unpaired) electrons. The molecule has 0 aliphatic heterocycles. The fourth-order valence-electron chi connectivity index (χ4n) is 1.56. The van der Waals surface area contributed by atoms with E-state index in [2.05, 4.69) is 22.5 Å². The van der Waals surface area contributed by atoms with E-state index in [0.717, 1.165) is 18.9 Å². The second-order valence-corrected chi connectivity index (χ2v) is 4.02. The van der Waals surface area contributed by atoms with Crippen molar-refractivity contribution in [2.45, 2.75) is 19.6 Å². The molecule has 1 rings (SSSR count). The predicted molar refractivity (Wildman–Crippen MR) is 72.8 cm³/mol. The molecule has 0 aliphatic rings. The molecule has 0 aliphatic carbocycles. The first-order chi connectivity index (χ1) is 8.80. The highest BCUT2D eigenvalue weighted by molar-refractivity contribution is 5.37. The molecule has 5 heteroatoms. The summed E-state index contributed by atoms with van der Waals surface area (Å²) in [5.41, 5.74) is 1.22. The zero-order chi connectivity index (χ0) is 13.2. The summed E-state index contributed by atoms with van der Waals surface area (Å²) in [5.74, 6) is 0.864. The van der Waals surface area contributed by atoms with E-state index >= 15 is 0 Å². The summed E-state index contributed by atoms with van der Waals surface area (Å²) in [4.78, 5) is 4.28. The molecule has 0 saturated heterocycles. The summed E-state index contributed by atoms with van der Waals surface area (Å²) in [7, 11) is 3.35. The van der Waals surface area contributed by atoms with Gasteiger partial charge in [-0.05, 0) is 24.2 Å². The van der Waals surface area contributed by atoms with Crippen molar-refractivity contribution in [1.82, 2.24) is 10.3 Å². The number of pyridine rings is 1. The lowest BCUT2D eigenvalue weighted by Gasteiger charge is -2.15. The molecule has 5 nitrogen and oxygen atoms in total. The number of nitrogens with one attached hydrogen (secondary N) is 2. The highest BCUT2D eigenvalue weighted by Gasteiger charge is 2.06. The van der Waals surface area contributed by atoms with Gasteiger partial charge in [-0.1, -0.05) is 6.92 Å². The Morgan fingerprint density at radius 2 is 2.22 bits per heavy atom. The fraction of sp³-hybridized carbons (Fsp3) is 0.615. The van der Waals surface area contributed by atoms with Crippen molar-refractivity contribution in [3.63, 3.8) is 0 Å². The van der Waals surface area contributed by atoms with Gasteiger partial charge in [0.2, 0.25) is 0 Å². The molecule has 0 fully saturated rings. The van der Waals surface area contributed by atoms with Crippen molar-refractivity contribution >= 4 is 5.82 Å². The van der Waals surface area contributed by atoms with E-state index in [-0.39, 0.29) is 6.10 Å². The number of aromatic nitrogens is 1. The first-order valence-corrected chi connectivity index (χ1v) is 6.21. The summed E-state index contributed by atoms with van der Waals surface area (Å²) in [6.45, 7) is 5.17. The molecule has 2 N–H and O–H groups in total. The Kier molecular flexibility index (Phi) is 7.32. The number of nitrogens with zero attached hydrogens (tertiary/aromatic N) is 1. The van der Waals surface area contributed by atoms with E-state index in [1.54, 1.807) is 14.2 Å². The molecular formula is C13H23N3O2. The topological polar surface area (TPSA) is 55.4 Å². The summed E-state index contributed by atoms with van der Waals surface area (Å²) >= 11 is 0. The number of hydrogen-bond donors (Lipinski definition) is 2. The molecule has 1 aromatic rings. The fourth-order valence-corrected chi connectivity index (χ4v) is 1.56. The molecule has 1 atom stereocenters. The Bertz CT molecular complexity index is 334. The second kappa shape index (κ2) is 8.85. The maximum absolute atomic E-state index is 5.28. The lowest BCUT2D eigenvalue weighted by molar-refractivity contribution is 0.0365. The minimum absolute atomic E-state index is 0.0363. The highest BCUT2D eigenvalue weighted by atomic mass is 16.5. The van der Waals surface area contributed by atoms with Gasteiger partial charge in [-0.25, -0.2) is 4.98 Å². The lowest BCUT2D eigenvalue weighted by Crippen LogP contribution is -2.26. The number of hydrogen-bond acceptors (Lipinski definition) is 5. The van der Waals surface area contributed by atoms with Gasteiger partial charge in [-0.2, -0.15) is 0 Å². The average molecular weight is 253 g/mol. The van der Waals surface area contributed by atoms with E-state index in [9.17, 15) is 0 Å². The van der Waals surface area contributed by atoms with Crippen LogP contribution in [0.2, 0.25) is 0 Å². The van der Waals surface area contributed by atoms with Crippen LogP contribution in [-0.4, -0.2) is 45.0 Å². The zero-order valence-electron chi connectivity index (χ0n) is 11.4. The van der Waals surface area contributed by atoms with E-state index < -0.39 is 0 Å². The van der Waals surface area contributed by atoms with Gasteiger partial charge in [-0.3, -0.25) is 0 Å². The van der Waals surface area contributed by atoms with Gasteiger partial charge in [0.05, 0.1) is 12.7 Å². The molecule has 0 aromatic carbocycles. The lowest BCUT2D eigenvalue weighted by atomic mass is 10.2. The maximum Gasteiger partial charge on any atom is 0.126 e. The van der Waals surface area contributed by atoms with Crippen LogP contribution in [-0.2, 0) is 16.0 Å². The Labute approximate surface area is 109 Å². The smallest absolute Gasteiger partial charge is 0.126 e. The van der Waals surface area contributed by atoms with Crippen molar-refractivity contribution in [2.75, 3.05) is 39.2 Å². The molecule has 0 bridgehead atoms. The van der Waals surface area contributed by atoms with Crippen LogP contribution in [0.1, 0.15) is 12.5 Å². The van der Waals surface area contributed by atoms with Crippen molar-refractivity contribution in [3.8, 4) is 0 Å². The number of anilines is 1. The molecule has 1 aromatic heterocycles. The van der Waals surface area contributed by atoms with Crippen LogP contribution >= 0.6 is 0 Å². The summed E-state index contributed by atoms with van der Waals surface area (Å²) < 4.78 is 10.3. The van der Waals surface area contributed by atoms with Crippen LogP contribution in [0.4, 0.5) is 5.82 Å². The van der Waals surface area contributed by atoms with Crippen LogP contribution < -0.4 is 10.6 Å². The molecule has 1 heterocycles. The third kappa shape index (κ3) is 5.44. The van der Waals surface area contributed by atoms with Crippen LogP contribution in [0.25, 0.3) is 0 Å². The summed E-state index contributed by atoms with van der Waals surface area (Å²) in [5, 5.41) is 6.54. The largest absolute Gasteiger partial charge is 0.382 e. The Balaban J connectivity index is 2.45. The van der Waals surface area contributed by atoms with Crippen molar-refractivity contribution < 1.29 is 9.47 Å². The zero-order valence-corrected chi connectivity index (χ0v) is 11.4. The molecule has 18 heavy (non-hydrogen) atoms. The quantitative estimate of drug-likeness (QED) is 0.694. The van der Waals surface area contributed by atoms with Crippen molar-refractivity contribution in [2.24, 2.45) is 0 Å². The Hall–Kier alpha value is -1.17. The normalized spacial score (nSPS) is 12.4. The SMILES string of the molecule is CCNCc1ccnc(NCC(COC)OC)c1. The van der Waals surface area contributed by atoms with E-state index in [0.29, 0.717) is 13.2 Å². The molecule has 0 amide bonds. The molecule has 1 unspecified atom stereocenters. The van der Waals surface area contributed by atoms with E-state index in [1.807, 2.05) is 18.3 Å². The van der Waals surface area contributed by atoms with E-state index in [1.165, 1.54) is 5.56 Å². The summed E-state index contributed by atoms with van der Waals surface area (Å²) in [6.07, 6.45) is 1.85. The maximum atomic E-state index is 5.28. The first-order valence-electron chi connectivity index (χ1n) is 6.21. The summed E-state index contributed by atoms with van der Waals surface area (Å²) in [6, 6.07) is 4.05. The monoisotopic (exact) mass is 253 g/mol. The van der Waals surface area contributed by atoms with Crippen molar-refractivity contribution in [3.05, 3.63) is 23.9 Å². The van der Waals surface area contributed by atoms with Crippen molar-refractivity contribution in [1.29, 1.82) is 0 Å². The van der Waals surface area contributed by atoms with Gasteiger partial charge in [0.15, 0.2) is 0 Å². The van der Waals surface area contributed by atoms with Gasteiger partial charge >= 0.3 is 0 Å². The molecule has 0 spiro atoms. The third-order valence-electron chi connectivity index (χ3n) is 2.60. The average Bonchev–Trinajstić information content (AvgIpc) is 2.41. The number of ether oxygens (including phenoxy) is 2. The Morgan fingerprint density at radius 1 is 1.39 bits per heavy atom. The third-order valence-corrected chi connectivity index (χ3v) is 2.60. The van der Waals surface area contributed by atoms with Gasteiger partial charge < -0.3 is 20.1 Å². The molecule has 102 valence electrons. The van der Waals surface area contributed by atoms with Gasteiger partial charge in [0.25, 0.3) is 0 Å². The highest BCUT2D eigenvalue weighted by Crippen LogP contribution is 2.07. The van der Waals surface area contributed by atoms with Gasteiger partial charge in [0, 0.05) is 33.5 Å².